The van der Waals surface area contributed by atoms with Gasteiger partial charge in [0.1, 0.15) is 5.75 Å². The number of anilines is 1. The molecule has 5 nitrogen and oxygen atoms in total. The van der Waals surface area contributed by atoms with E-state index in [0.717, 1.165) is 24.5 Å². The van der Waals surface area contributed by atoms with Gasteiger partial charge in [0.05, 0.1) is 7.11 Å². The zero-order valence-electron chi connectivity index (χ0n) is 10.3. The van der Waals surface area contributed by atoms with Crippen LogP contribution >= 0.6 is 0 Å². The van der Waals surface area contributed by atoms with E-state index in [-0.39, 0.29) is 6.03 Å². The first-order valence-electron chi connectivity index (χ1n) is 6.20. The number of carbonyl (C=O) groups is 1. The Morgan fingerprint density at radius 2 is 2.17 bits per heavy atom. The molecule has 2 unspecified atom stereocenters. The van der Waals surface area contributed by atoms with E-state index in [9.17, 15) is 4.79 Å². The van der Waals surface area contributed by atoms with Gasteiger partial charge >= 0.3 is 6.03 Å². The summed E-state index contributed by atoms with van der Waals surface area (Å²) < 4.78 is 5.11. The summed E-state index contributed by atoms with van der Waals surface area (Å²) in [6, 6.07) is 7.55. The van der Waals surface area contributed by atoms with Crippen LogP contribution in [0.25, 0.3) is 0 Å². The van der Waals surface area contributed by atoms with Crippen molar-refractivity contribution < 1.29 is 9.53 Å². The number of hydrogen-bond acceptors (Lipinski definition) is 3. The number of nitrogens with one attached hydrogen (secondary N) is 3. The van der Waals surface area contributed by atoms with Crippen LogP contribution in [0.3, 0.4) is 0 Å². The zero-order valence-corrected chi connectivity index (χ0v) is 10.3. The fourth-order valence-electron chi connectivity index (χ4n) is 2.65. The molecular formula is C13H17N3O2. The minimum atomic E-state index is -0.136. The van der Waals surface area contributed by atoms with Crippen LogP contribution in [-0.2, 0) is 0 Å². The fourth-order valence-corrected chi connectivity index (χ4v) is 2.65. The quantitative estimate of drug-likeness (QED) is 0.747. The second-order valence-electron chi connectivity index (χ2n) is 4.84. The van der Waals surface area contributed by atoms with Crippen LogP contribution < -0.4 is 20.7 Å². The van der Waals surface area contributed by atoms with Gasteiger partial charge in [0.25, 0.3) is 0 Å². The largest absolute Gasteiger partial charge is 0.497 e. The van der Waals surface area contributed by atoms with Gasteiger partial charge in [0.15, 0.2) is 0 Å². The highest BCUT2D eigenvalue weighted by molar-refractivity contribution is 5.89. The highest BCUT2D eigenvalue weighted by Gasteiger charge is 2.53. The van der Waals surface area contributed by atoms with E-state index in [4.69, 9.17) is 4.74 Å². The van der Waals surface area contributed by atoms with E-state index in [1.54, 1.807) is 13.2 Å². The molecule has 0 aromatic heterocycles. The van der Waals surface area contributed by atoms with E-state index in [0.29, 0.717) is 17.9 Å². The average molecular weight is 247 g/mol. The third kappa shape index (κ3) is 2.13. The Morgan fingerprint density at radius 1 is 1.39 bits per heavy atom. The van der Waals surface area contributed by atoms with Crippen molar-refractivity contribution in [2.45, 2.75) is 6.04 Å². The molecular weight excluding hydrogens is 230 g/mol. The lowest BCUT2D eigenvalue weighted by atomic mass is 10.3. The molecule has 1 aromatic rings. The number of piperidine rings is 1. The van der Waals surface area contributed by atoms with Gasteiger partial charge in [-0.3, -0.25) is 0 Å². The van der Waals surface area contributed by atoms with Crippen LogP contribution in [0, 0.1) is 11.8 Å². The Kier molecular flexibility index (Phi) is 2.83. The molecule has 5 heteroatoms. The predicted octanol–water partition coefficient (Wildman–Crippen LogP) is 1.03. The van der Waals surface area contributed by atoms with Crippen LogP contribution in [0.1, 0.15) is 0 Å². The van der Waals surface area contributed by atoms with Crippen molar-refractivity contribution in [3.63, 3.8) is 0 Å². The van der Waals surface area contributed by atoms with Gasteiger partial charge in [-0.2, -0.15) is 0 Å². The first-order chi connectivity index (χ1) is 8.78. The molecule has 0 bridgehead atoms. The predicted molar refractivity (Wildman–Crippen MR) is 68.8 cm³/mol. The summed E-state index contributed by atoms with van der Waals surface area (Å²) in [5, 5.41) is 9.14. The minimum Gasteiger partial charge on any atom is -0.497 e. The topological polar surface area (TPSA) is 62.4 Å². The molecule has 0 radical (unpaired) electrons. The van der Waals surface area contributed by atoms with Crippen LogP contribution in [0.4, 0.5) is 10.5 Å². The molecule has 3 rings (SSSR count). The third-order valence-electron chi connectivity index (χ3n) is 3.72. The van der Waals surface area contributed by atoms with Crippen molar-refractivity contribution in [1.82, 2.24) is 10.6 Å². The second kappa shape index (κ2) is 4.49. The van der Waals surface area contributed by atoms with Crippen LogP contribution in [0.2, 0.25) is 0 Å². The van der Waals surface area contributed by atoms with E-state index >= 15 is 0 Å². The summed E-state index contributed by atoms with van der Waals surface area (Å²) >= 11 is 0. The van der Waals surface area contributed by atoms with Gasteiger partial charge in [0.2, 0.25) is 0 Å². The minimum absolute atomic E-state index is 0.136. The Labute approximate surface area is 106 Å². The molecule has 0 spiro atoms. The number of urea groups is 1. The fraction of sp³-hybridized carbons (Fsp3) is 0.462. The number of methoxy groups -OCH3 is 1. The highest BCUT2D eigenvalue weighted by Crippen LogP contribution is 2.41. The number of hydrogen-bond donors (Lipinski definition) is 3. The van der Waals surface area contributed by atoms with E-state index in [1.165, 1.54) is 0 Å². The first-order valence-corrected chi connectivity index (χ1v) is 6.20. The standard InChI is InChI=1S/C13H17N3O2/c1-18-9-4-2-3-8(5-9)15-13(17)16-12-10-6-14-7-11(10)12/h2-5,10-12,14H,6-7H2,1H3,(H2,15,16,17). The van der Waals surface area contributed by atoms with Crippen LogP contribution in [0.5, 0.6) is 5.75 Å². The van der Waals surface area contributed by atoms with Crippen molar-refractivity contribution in [1.29, 1.82) is 0 Å². The summed E-state index contributed by atoms with van der Waals surface area (Å²) in [6.07, 6.45) is 0. The van der Waals surface area contributed by atoms with Gasteiger partial charge in [0, 0.05) is 30.9 Å². The molecule has 2 fully saturated rings. The smallest absolute Gasteiger partial charge is 0.319 e. The van der Waals surface area contributed by atoms with Crippen LogP contribution in [0.15, 0.2) is 24.3 Å². The SMILES string of the molecule is COc1cccc(NC(=O)NC2C3CNCC32)c1. The van der Waals surface area contributed by atoms with Crippen molar-refractivity contribution in [3.05, 3.63) is 24.3 Å². The van der Waals surface area contributed by atoms with Crippen molar-refractivity contribution >= 4 is 11.7 Å². The summed E-state index contributed by atoms with van der Waals surface area (Å²) in [7, 11) is 1.61. The van der Waals surface area contributed by atoms with Gasteiger partial charge in [-0.1, -0.05) is 6.07 Å². The number of fused-ring (bicyclic) bond motifs is 1. The van der Waals surface area contributed by atoms with E-state index in [2.05, 4.69) is 16.0 Å². The Bertz CT molecular complexity index is 453. The summed E-state index contributed by atoms with van der Waals surface area (Å²) in [5.74, 6) is 1.99. The second-order valence-corrected chi connectivity index (χ2v) is 4.84. The van der Waals surface area contributed by atoms with Crippen molar-refractivity contribution in [2.75, 3.05) is 25.5 Å². The molecule has 2 aliphatic rings. The Hall–Kier alpha value is -1.75. The Balaban J connectivity index is 1.54. The summed E-state index contributed by atoms with van der Waals surface area (Å²) in [5.41, 5.74) is 0.746. The third-order valence-corrected chi connectivity index (χ3v) is 3.72. The molecule has 1 saturated carbocycles. The highest BCUT2D eigenvalue weighted by atomic mass is 16.5. The average Bonchev–Trinajstić information content (AvgIpc) is 2.82. The lowest BCUT2D eigenvalue weighted by Crippen LogP contribution is -2.35. The first kappa shape index (κ1) is 11.3. The number of amides is 2. The molecule has 1 saturated heterocycles. The maximum atomic E-state index is 11.8. The number of rotatable bonds is 3. The molecule has 2 atom stereocenters. The Morgan fingerprint density at radius 3 is 2.89 bits per heavy atom. The maximum Gasteiger partial charge on any atom is 0.319 e. The van der Waals surface area contributed by atoms with E-state index in [1.807, 2.05) is 18.2 Å². The summed E-state index contributed by atoms with van der Waals surface area (Å²) in [6.45, 7) is 2.05. The monoisotopic (exact) mass is 247 g/mol. The van der Waals surface area contributed by atoms with Gasteiger partial charge in [-0.15, -0.1) is 0 Å². The van der Waals surface area contributed by atoms with Crippen molar-refractivity contribution in [3.8, 4) is 5.75 Å². The van der Waals surface area contributed by atoms with Crippen molar-refractivity contribution in [2.24, 2.45) is 11.8 Å². The number of carbonyl (C=O) groups excluding carboxylic acids is 1. The lowest BCUT2D eigenvalue weighted by molar-refractivity contribution is 0.250. The molecule has 2 amide bonds. The molecule has 1 aliphatic heterocycles. The maximum absolute atomic E-state index is 11.8. The molecule has 3 N–H and O–H groups in total. The van der Waals surface area contributed by atoms with Gasteiger partial charge in [-0.05, 0) is 24.0 Å². The van der Waals surface area contributed by atoms with Crippen LogP contribution in [-0.4, -0.2) is 32.3 Å². The van der Waals surface area contributed by atoms with Gasteiger partial charge in [-0.25, -0.2) is 4.79 Å². The number of benzene rings is 1. The normalized spacial score (nSPS) is 28.4. The molecule has 1 heterocycles. The molecule has 1 aliphatic carbocycles. The molecule has 1 aromatic carbocycles. The van der Waals surface area contributed by atoms with E-state index < -0.39 is 0 Å². The molecule has 96 valence electrons. The zero-order chi connectivity index (χ0) is 12.5. The van der Waals surface area contributed by atoms with Gasteiger partial charge < -0.3 is 20.7 Å². The lowest BCUT2D eigenvalue weighted by Gasteiger charge is -2.10. The summed E-state index contributed by atoms with van der Waals surface area (Å²) in [4.78, 5) is 11.8. The molecule has 18 heavy (non-hydrogen) atoms. The number of ether oxygens (including phenoxy) is 1.